The van der Waals surface area contributed by atoms with Crippen LogP contribution in [0.5, 0.6) is 0 Å². The van der Waals surface area contributed by atoms with Gasteiger partial charge < -0.3 is 18.9 Å². The van der Waals surface area contributed by atoms with Gasteiger partial charge in [-0.3, -0.25) is 0 Å². The van der Waals surface area contributed by atoms with Crippen LogP contribution in [-0.2, 0) is 28.5 Å². The molecule has 0 aromatic carbocycles. The summed E-state index contributed by atoms with van der Waals surface area (Å²) in [4.78, 5) is 21.8. The van der Waals surface area contributed by atoms with Crippen molar-refractivity contribution in [2.24, 2.45) is 0 Å². The standard InChI is InChI=1S/C12H16O6/c1-15-10(13)6-5-8-12(17-3,18-4)9-7-11(14)16-2/h5-6H,8H2,1-4H3/b6-5-. The minimum Gasteiger partial charge on any atom is -0.466 e. The summed E-state index contributed by atoms with van der Waals surface area (Å²) in [6.07, 6.45) is 2.84. The Bertz CT molecular complexity index is 370. The molecule has 0 spiro atoms. The van der Waals surface area contributed by atoms with Gasteiger partial charge in [0.15, 0.2) is 0 Å². The fourth-order valence-corrected chi connectivity index (χ4v) is 0.979. The summed E-state index contributed by atoms with van der Waals surface area (Å²) in [5.41, 5.74) is 0. The van der Waals surface area contributed by atoms with Gasteiger partial charge in [0.25, 0.3) is 0 Å². The summed E-state index contributed by atoms with van der Waals surface area (Å²) in [5, 5.41) is 0. The molecule has 0 N–H and O–H groups in total. The topological polar surface area (TPSA) is 71.1 Å². The Hall–Kier alpha value is -1.84. The third kappa shape index (κ3) is 5.48. The Balaban J connectivity index is 4.80. The van der Waals surface area contributed by atoms with Gasteiger partial charge in [0.1, 0.15) is 0 Å². The number of rotatable bonds is 5. The molecule has 0 aliphatic carbocycles. The minimum atomic E-state index is -1.31. The van der Waals surface area contributed by atoms with Gasteiger partial charge in [-0.25, -0.2) is 9.59 Å². The molecule has 0 saturated heterocycles. The molecule has 0 radical (unpaired) electrons. The van der Waals surface area contributed by atoms with E-state index in [-0.39, 0.29) is 6.42 Å². The first-order chi connectivity index (χ1) is 8.53. The molecule has 0 amide bonds. The lowest BCUT2D eigenvalue weighted by atomic mass is 10.2. The van der Waals surface area contributed by atoms with E-state index in [2.05, 4.69) is 21.3 Å². The third-order valence-electron chi connectivity index (χ3n) is 2.04. The maximum atomic E-state index is 10.9. The predicted octanol–water partition coefficient (Wildman–Crippen LogP) is 0.271. The second-order valence-electron chi connectivity index (χ2n) is 3.03. The van der Waals surface area contributed by atoms with E-state index < -0.39 is 17.7 Å². The van der Waals surface area contributed by atoms with Crippen LogP contribution in [0.2, 0.25) is 0 Å². The Morgan fingerprint density at radius 3 is 2.17 bits per heavy atom. The number of carbonyl (C=O) groups is 2. The Kier molecular flexibility index (Phi) is 7.43. The highest BCUT2D eigenvalue weighted by Gasteiger charge is 2.25. The van der Waals surface area contributed by atoms with Gasteiger partial charge in [-0.15, -0.1) is 0 Å². The highest BCUT2D eigenvalue weighted by molar-refractivity contribution is 5.88. The van der Waals surface area contributed by atoms with E-state index in [1.807, 2.05) is 0 Å². The first-order valence-corrected chi connectivity index (χ1v) is 4.99. The number of esters is 2. The normalized spacial score (nSPS) is 10.7. The average molecular weight is 256 g/mol. The molecule has 0 unspecified atom stereocenters. The molecular formula is C12H16O6. The van der Waals surface area contributed by atoms with Gasteiger partial charge in [-0.1, -0.05) is 6.08 Å². The van der Waals surface area contributed by atoms with Crippen LogP contribution in [-0.4, -0.2) is 46.2 Å². The molecular weight excluding hydrogens is 240 g/mol. The van der Waals surface area contributed by atoms with Gasteiger partial charge in [0.05, 0.1) is 14.2 Å². The molecule has 0 atom stereocenters. The highest BCUT2D eigenvalue weighted by Crippen LogP contribution is 2.15. The van der Waals surface area contributed by atoms with Crippen molar-refractivity contribution in [2.75, 3.05) is 28.4 Å². The van der Waals surface area contributed by atoms with Crippen LogP contribution >= 0.6 is 0 Å². The van der Waals surface area contributed by atoms with Crippen LogP contribution in [0.25, 0.3) is 0 Å². The van der Waals surface area contributed by atoms with E-state index in [1.54, 1.807) is 0 Å². The van der Waals surface area contributed by atoms with Crippen molar-refractivity contribution < 1.29 is 28.5 Å². The quantitative estimate of drug-likeness (QED) is 0.231. The van der Waals surface area contributed by atoms with Crippen molar-refractivity contribution in [3.8, 4) is 11.8 Å². The molecule has 0 fully saturated rings. The molecule has 0 bridgehead atoms. The molecule has 18 heavy (non-hydrogen) atoms. The predicted molar refractivity (Wildman–Crippen MR) is 62.3 cm³/mol. The third-order valence-corrected chi connectivity index (χ3v) is 2.04. The van der Waals surface area contributed by atoms with Gasteiger partial charge in [-0.05, 0) is 5.92 Å². The first-order valence-electron chi connectivity index (χ1n) is 4.99. The van der Waals surface area contributed by atoms with E-state index in [1.165, 1.54) is 40.6 Å². The second kappa shape index (κ2) is 8.28. The fraction of sp³-hybridized carbons (Fsp3) is 0.500. The number of methoxy groups -OCH3 is 4. The zero-order valence-electron chi connectivity index (χ0n) is 10.8. The largest absolute Gasteiger partial charge is 0.466 e. The van der Waals surface area contributed by atoms with Crippen molar-refractivity contribution in [3.05, 3.63) is 12.2 Å². The lowest BCUT2D eigenvalue weighted by Crippen LogP contribution is -2.31. The molecule has 6 heteroatoms. The lowest BCUT2D eigenvalue weighted by molar-refractivity contribution is -0.159. The maximum Gasteiger partial charge on any atom is 0.384 e. The maximum absolute atomic E-state index is 10.9. The van der Waals surface area contributed by atoms with Gasteiger partial charge in [-0.2, -0.15) is 0 Å². The van der Waals surface area contributed by atoms with E-state index in [4.69, 9.17) is 9.47 Å². The zero-order chi connectivity index (χ0) is 14.0. The molecule has 6 nitrogen and oxygen atoms in total. The van der Waals surface area contributed by atoms with Crippen LogP contribution in [0.1, 0.15) is 6.42 Å². The van der Waals surface area contributed by atoms with Crippen LogP contribution < -0.4 is 0 Å². The van der Waals surface area contributed by atoms with E-state index in [0.29, 0.717) is 0 Å². The van der Waals surface area contributed by atoms with E-state index in [0.717, 1.165) is 0 Å². The second-order valence-corrected chi connectivity index (χ2v) is 3.03. The summed E-state index contributed by atoms with van der Waals surface area (Å²) < 4.78 is 19.0. The summed E-state index contributed by atoms with van der Waals surface area (Å²) in [6, 6.07) is 0. The van der Waals surface area contributed by atoms with Crippen molar-refractivity contribution >= 4 is 11.9 Å². The molecule has 0 aromatic rings. The first kappa shape index (κ1) is 16.2. The molecule has 0 aromatic heterocycles. The zero-order valence-corrected chi connectivity index (χ0v) is 10.8. The SMILES string of the molecule is COC(=O)C#CC(C/C=C\C(=O)OC)(OC)OC. The van der Waals surface area contributed by atoms with Crippen molar-refractivity contribution in [1.29, 1.82) is 0 Å². The number of hydrogen-bond acceptors (Lipinski definition) is 6. The number of ether oxygens (including phenoxy) is 4. The van der Waals surface area contributed by atoms with Crippen molar-refractivity contribution in [2.45, 2.75) is 12.2 Å². The van der Waals surface area contributed by atoms with Crippen LogP contribution in [0, 0.1) is 11.8 Å². The minimum absolute atomic E-state index is 0.152. The monoisotopic (exact) mass is 256 g/mol. The van der Waals surface area contributed by atoms with E-state index >= 15 is 0 Å². The fourth-order valence-electron chi connectivity index (χ4n) is 0.979. The highest BCUT2D eigenvalue weighted by atomic mass is 16.7. The molecule has 0 aliphatic heterocycles. The van der Waals surface area contributed by atoms with Gasteiger partial charge in [0.2, 0.25) is 5.79 Å². The van der Waals surface area contributed by atoms with Gasteiger partial charge >= 0.3 is 11.9 Å². The van der Waals surface area contributed by atoms with Gasteiger partial charge in [0, 0.05) is 32.6 Å². The van der Waals surface area contributed by atoms with Crippen molar-refractivity contribution in [3.63, 3.8) is 0 Å². The molecule has 0 rings (SSSR count). The summed E-state index contributed by atoms with van der Waals surface area (Å²) in [7, 11) is 5.24. The number of carbonyl (C=O) groups excluding carboxylic acids is 2. The summed E-state index contributed by atoms with van der Waals surface area (Å²) in [5.74, 6) is 2.21. The van der Waals surface area contributed by atoms with Crippen molar-refractivity contribution in [1.82, 2.24) is 0 Å². The van der Waals surface area contributed by atoms with Crippen LogP contribution in [0.3, 0.4) is 0 Å². The van der Waals surface area contributed by atoms with E-state index in [9.17, 15) is 9.59 Å². The molecule has 100 valence electrons. The molecule has 0 aliphatic rings. The Labute approximate surface area is 106 Å². The smallest absolute Gasteiger partial charge is 0.384 e. The van der Waals surface area contributed by atoms with Crippen LogP contribution in [0.15, 0.2) is 12.2 Å². The molecule has 0 heterocycles. The average Bonchev–Trinajstić information content (AvgIpc) is 2.42. The summed E-state index contributed by atoms with van der Waals surface area (Å²) >= 11 is 0. The number of hydrogen-bond donors (Lipinski definition) is 0. The molecule has 0 saturated carbocycles. The lowest BCUT2D eigenvalue weighted by Gasteiger charge is -2.23. The summed E-state index contributed by atoms with van der Waals surface area (Å²) in [6.45, 7) is 0. The van der Waals surface area contributed by atoms with Crippen LogP contribution in [0.4, 0.5) is 0 Å². The Morgan fingerprint density at radius 1 is 1.11 bits per heavy atom. The Morgan fingerprint density at radius 2 is 1.72 bits per heavy atom.